The van der Waals surface area contributed by atoms with Gasteiger partial charge in [-0.05, 0) is 41.6 Å². The number of aromatic nitrogens is 1. The number of rotatable bonds is 3. The van der Waals surface area contributed by atoms with Crippen LogP contribution in [0.15, 0.2) is 16.9 Å². The predicted octanol–water partition coefficient (Wildman–Crippen LogP) is 2.65. The molecule has 5 heteroatoms. The number of nitrogens with zero attached hydrogens (tertiary/aromatic N) is 1. The molecule has 0 aromatic carbocycles. The maximum Gasteiger partial charge on any atom is 0.0752 e. The molecule has 4 nitrogen and oxygen atoms in total. The van der Waals surface area contributed by atoms with Crippen molar-refractivity contribution in [1.82, 2.24) is 4.98 Å². The van der Waals surface area contributed by atoms with E-state index in [9.17, 15) is 0 Å². The molecule has 94 valence electrons. The lowest BCUT2D eigenvalue weighted by atomic mass is 9.93. The van der Waals surface area contributed by atoms with Gasteiger partial charge in [-0.15, -0.1) is 0 Å². The molecule has 0 spiro atoms. The number of nitrogens with two attached hydrogens (primary N) is 1. The largest absolute Gasteiger partial charge is 0.396 e. The van der Waals surface area contributed by atoms with Crippen LogP contribution in [0.3, 0.4) is 0 Å². The van der Waals surface area contributed by atoms with Gasteiger partial charge in [0.05, 0.1) is 22.0 Å². The highest BCUT2D eigenvalue weighted by Crippen LogP contribution is 2.30. The summed E-state index contributed by atoms with van der Waals surface area (Å²) in [4.78, 5) is 4.03. The minimum atomic E-state index is 0.389. The van der Waals surface area contributed by atoms with Gasteiger partial charge < -0.3 is 15.8 Å². The second-order valence-corrected chi connectivity index (χ2v) is 5.32. The summed E-state index contributed by atoms with van der Waals surface area (Å²) in [6.45, 7) is 3.93. The monoisotopic (exact) mass is 299 g/mol. The lowest BCUT2D eigenvalue weighted by Gasteiger charge is -2.29. The van der Waals surface area contributed by atoms with E-state index in [0.29, 0.717) is 17.6 Å². The van der Waals surface area contributed by atoms with Crippen molar-refractivity contribution in [3.05, 3.63) is 16.9 Å². The number of pyridine rings is 1. The van der Waals surface area contributed by atoms with E-state index < -0.39 is 0 Å². The Morgan fingerprint density at radius 1 is 1.47 bits per heavy atom. The van der Waals surface area contributed by atoms with Crippen molar-refractivity contribution < 1.29 is 4.74 Å². The Labute approximate surface area is 110 Å². The first-order valence-electron chi connectivity index (χ1n) is 5.91. The number of anilines is 2. The molecule has 1 aliphatic heterocycles. The van der Waals surface area contributed by atoms with Crippen molar-refractivity contribution in [3.8, 4) is 0 Å². The van der Waals surface area contributed by atoms with Crippen molar-refractivity contribution in [1.29, 1.82) is 0 Å². The van der Waals surface area contributed by atoms with E-state index in [4.69, 9.17) is 10.5 Å². The summed E-state index contributed by atoms with van der Waals surface area (Å²) in [5, 5.41) is 3.48. The Kier molecular flexibility index (Phi) is 4.23. The highest BCUT2D eigenvalue weighted by molar-refractivity contribution is 9.10. The molecule has 1 aliphatic rings. The summed E-state index contributed by atoms with van der Waals surface area (Å²) in [6.07, 6.45) is 5.65. The second-order valence-electron chi connectivity index (χ2n) is 4.47. The first kappa shape index (κ1) is 12.6. The normalized spacial score (nSPS) is 18.9. The van der Waals surface area contributed by atoms with Crippen LogP contribution in [0.2, 0.25) is 0 Å². The summed E-state index contributed by atoms with van der Waals surface area (Å²) in [5.41, 5.74) is 7.54. The van der Waals surface area contributed by atoms with Gasteiger partial charge >= 0.3 is 0 Å². The van der Waals surface area contributed by atoms with Crippen molar-refractivity contribution in [2.45, 2.75) is 25.8 Å². The number of ether oxygens (including phenoxy) is 1. The van der Waals surface area contributed by atoms with Gasteiger partial charge in [0.15, 0.2) is 0 Å². The van der Waals surface area contributed by atoms with Crippen LogP contribution in [0.1, 0.15) is 19.8 Å². The molecule has 1 fully saturated rings. The number of nitrogens with one attached hydrogen (secondary N) is 1. The SMILES string of the molecule is CC(Nc1c(N)cncc1Br)C1CCOCC1. The average molecular weight is 300 g/mol. The van der Waals surface area contributed by atoms with Crippen LogP contribution >= 0.6 is 15.9 Å². The molecular weight excluding hydrogens is 282 g/mol. The molecule has 0 amide bonds. The van der Waals surface area contributed by atoms with Crippen molar-refractivity contribution in [2.75, 3.05) is 24.3 Å². The smallest absolute Gasteiger partial charge is 0.0752 e. The van der Waals surface area contributed by atoms with Gasteiger partial charge in [0, 0.05) is 25.5 Å². The minimum absolute atomic E-state index is 0.389. The highest BCUT2D eigenvalue weighted by atomic mass is 79.9. The molecule has 1 aromatic heterocycles. The van der Waals surface area contributed by atoms with Gasteiger partial charge in [0.1, 0.15) is 0 Å². The fourth-order valence-electron chi connectivity index (χ4n) is 2.16. The fourth-order valence-corrected chi connectivity index (χ4v) is 2.63. The van der Waals surface area contributed by atoms with E-state index in [0.717, 1.165) is 36.2 Å². The minimum Gasteiger partial charge on any atom is -0.396 e. The lowest BCUT2D eigenvalue weighted by Crippen LogP contribution is -2.31. The Balaban J connectivity index is 2.04. The molecule has 2 rings (SSSR count). The van der Waals surface area contributed by atoms with Crippen LogP contribution in [-0.2, 0) is 4.74 Å². The fraction of sp³-hybridized carbons (Fsp3) is 0.583. The van der Waals surface area contributed by atoms with Gasteiger partial charge in [0.2, 0.25) is 0 Å². The predicted molar refractivity (Wildman–Crippen MR) is 73.0 cm³/mol. The topological polar surface area (TPSA) is 60.2 Å². The Morgan fingerprint density at radius 3 is 2.82 bits per heavy atom. The van der Waals surface area contributed by atoms with Gasteiger partial charge in [-0.1, -0.05) is 0 Å². The molecular formula is C12H18BrN3O. The molecule has 2 heterocycles. The van der Waals surface area contributed by atoms with Gasteiger partial charge in [-0.3, -0.25) is 4.98 Å². The average Bonchev–Trinajstić information content (AvgIpc) is 2.35. The number of nitrogen functional groups attached to an aromatic ring is 1. The number of hydrogen-bond donors (Lipinski definition) is 2. The molecule has 1 atom stereocenters. The van der Waals surface area contributed by atoms with Crippen molar-refractivity contribution in [2.24, 2.45) is 5.92 Å². The van der Waals surface area contributed by atoms with Crippen LogP contribution in [0, 0.1) is 5.92 Å². The molecule has 0 bridgehead atoms. The van der Waals surface area contributed by atoms with E-state index in [2.05, 4.69) is 33.2 Å². The Bertz CT molecular complexity index is 360. The van der Waals surface area contributed by atoms with Crippen LogP contribution < -0.4 is 11.1 Å². The molecule has 0 saturated carbocycles. The zero-order valence-corrected chi connectivity index (χ0v) is 11.5. The molecule has 3 N–H and O–H groups in total. The summed E-state index contributed by atoms with van der Waals surface area (Å²) >= 11 is 3.47. The van der Waals surface area contributed by atoms with Gasteiger partial charge in [-0.2, -0.15) is 0 Å². The van der Waals surface area contributed by atoms with E-state index in [1.165, 1.54) is 0 Å². The van der Waals surface area contributed by atoms with E-state index in [-0.39, 0.29) is 0 Å². The third-order valence-electron chi connectivity index (χ3n) is 3.27. The van der Waals surface area contributed by atoms with E-state index in [1.807, 2.05) is 0 Å². The van der Waals surface area contributed by atoms with Crippen molar-refractivity contribution >= 4 is 27.3 Å². The summed E-state index contributed by atoms with van der Waals surface area (Å²) in [7, 11) is 0. The maximum atomic E-state index is 5.92. The van der Waals surface area contributed by atoms with E-state index >= 15 is 0 Å². The highest BCUT2D eigenvalue weighted by Gasteiger charge is 2.21. The Morgan fingerprint density at radius 2 is 2.18 bits per heavy atom. The van der Waals surface area contributed by atoms with Crippen LogP contribution in [0.25, 0.3) is 0 Å². The lowest BCUT2D eigenvalue weighted by molar-refractivity contribution is 0.0622. The maximum absolute atomic E-state index is 5.92. The Hall–Kier alpha value is -0.810. The molecule has 1 aromatic rings. The second kappa shape index (κ2) is 5.69. The number of hydrogen-bond acceptors (Lipinski definition) is 4. The van der Waals surface area contributed by atoms with Crippen LogP contribution in [0.4, 0.5) is 11.4 Å². The third kappa shape index (κ3) is 3.10. The first-order chi connectivity index (χ1) is 8.18. The standard InChI is InChI=1S/C12H18BrN3O/c1-8(9-2-4-17-5-3-9)16-12-10(13)6-15-7-11(12)14/h6-9H,2-5,14H2,1H3,(H,15,16). The molecule has 0 aliphatic carbocycles. The molecule has 1 unspecified atom stereocenters. The van der Waals surface area contributed by atoms with Crippen LogP contribution in [0.5, 0.6) is 0 Å². The summed E-state index contributed by atoms with van der Waals surface area (Å²) < 4.78 is 6.29. The van der Waals surface area contributed by atoms with Crippen LogP contribution in [-0.4, -0.2) is 24.2 Å². The zero-order chi connectivity index (χ0) is 12.3. The van der Waals surface area contributed by atoms with E-state index in [1.54, 1.807) is 12.4 Å². The molecule has 0 radical (unpaired) electrons. The summed E-state index contributed by atoms with van der Waals surface area (Å²) in [5.74, 6) is 0.642. The third-order valence-corrected chi connectivity index (χ3v) is 3.88. The summed E-state index contributed by atoms with van der Waals surface area (Å²) in [6, 6.07) is 0.389. The zero-order valence-electron chi connectivity index (χ0n) is 9.95. The quantitative estimate of drug-likeness (QED) is 0.901. The van der Waals surface area contributed by atoms with Gasteiger partial charge in [-0.25, -0.2) is 0 Å². The van der Waals surface area contributed by atoms with Crippen molar-refractivity contribution in [3.63, 3.8) is 0 Å². The molecule has 1 saturated heterocycles. The number of halogens is 1. The first-order valence-corrected chi connectivity index (χ1v) is 6.71. The van der Waals surface area contributed by atoms with Gasteiger partial charge in [0.25, 0.3) is 0 Å². The molecule has 17 heavy (non-hydrogen) atoms.